The predicted molar refractivity (Wildman–Crippen MR) is 59.8 cm³/mol. The molecule has 0 aliphatic carbocycles. The quantitative estimate of drug-likeness (QED) is 0.811. The first-order valence-corrected chi connectivity index (χ1v) is 5.91. The number of thioether (sulfide) groups is 1. The van der Waals surface area contributed by atoms with Crippen LogP contribution >= 0.6 is 11.8 Å². The molecule has 0 heterocycles. The zero-order chi connectivity index (χ0) is 10.4. The van der Waals surface area contributed by atoms with Crippen molar-refractivity contribution >= 4 is 17.7 Å². The maximum Gasteiger partial charge on any atom is 0.311 e. The molecule has 0 saturated carbocycles. The fourth-order valence-corrected chi connectivity index (χ4v) is 1.83. The minimum atomic E-state index is -0.731. The van der Waals surface area contributed by atoms with Crippen LogP contribution in [0.25, 0.3) is 0 Å². The van der Waals surface area contributed by atoms with Gasteiger partial charge in [-0.05, 0) is 24.0 Å². The van der Waals surface area contributed by atoms with Crippen molar-refractivity contribution in [3.63, 3.8) is 0 Å². The van der Waals surface area contributed by atoms with E-state index in [0.29, 0.717) is 6.42 Å². The first-order chi connectivity index (χ1) is 6.75. The van der Waals surface area contributed by atoms with Crippen LogP contribution in [0.1, 0.15) is 17.9 Å². The molecule has 1 aromatic rings. The third-order valence-corrected chi connectivity index (χ3v) is 2.75. The van der Waals surface area contributed by atoms with Crippen LogP contribution in [0.15, 0.2) is 30.3 Å². The lowest BCUT2D eigenvalue weighted by molar-refractivity contribution is -0.138. The van der Waals surface area contributed by atoms with Gasteiger partial charge in [-0.1, -0.05) is 30.3 Å². The van der Waals surface area contributed by atoms with Crippen LogP contribution in [0.3, 0.4) is 0 Å². The van der Waals surface area contributed by atoms with E-state index >= 15 is 0 Å². The van der Waals surface area contributed by atoms with Crippen molar-refractivity contribution in [3.8, 4) is 0 Å². The number of benzene rings is 1. The zero-order valence-electron chi connectivity index (χ0n) is 8.14. The normalized spacial score (nSPS) is 12.4. The highest BCUT2D eigenvalue weighted by molar-refractivity contribution is 7.98. The summed E-state index contributed by atoms with van der Waals surface area (Å²) in [6.45, 7) is 0. The van der Waals surface area contributed by atoms with Gasteiger partial charge in [0.15, 0.2) is 0 Å². The summed E-state index contributed by atoms with van der Waals surface area (Å²) >= 11 is 1.68. The van der Waals surface area contributed by atoms with Crippen LogP contribution in [-0.2, 0) is 4.79 Å². The van der Waals surface area contributed by atoms with Crippen LogP contribution in [-0.4, -0.2) is 23.1 Å². The summed E-state index contributed by atoms with van der Waals surface area (Å²) in [4.78, 5) is 11.0. The molecule has 0 amide bonds. The molecule has 0 saturated heterocycles. The summed E-state index contributed by atoms with van der Waals surface area (Å²) in [5.74, 6) is -0.208. The molecular weight excluding hydrogens is 196 g/mol. The molecule has 0 spiro atoms. The summed E-state index contributed by atoms with van der Waals surface area (Å²) in [5.41, 5.74) is 0.897. The van der Waals surface area contributed by atoms with Crippen molar-refractivity contribution in [1.29, 1.82) is 0 Å². The Morgan fingerprint density at radius 2 is 2.07 bits per heavy atom. The molecule has 0 aromatic heterocycles. The Labute approximate surface area is 88.3 Å². The molecule has 0 bridgehead atoms. The van der Waals surface area contributed by atoms with E-state index in [4.69, 9.17) is 5.11 Å². The monoisotopic (exact) mass is 210 g/mol. The average Bonchev–Trinajstić information content (AvgIpc) is 2.19. The van der Waals surface area contributed by atoms with Crippen molar-refractivity contribution in [3.05, 3.63) is 35.9 Å². The van der Waals surface area contributed by atoms with Crippen molar-refractivity contribution < 1.29 is 9.90 Å². The summed E-state index contributed by atoms with van der Waals surface area (Å²) in [6.07, 6.45) is 2.68. The number of carboxylic acids is 1. The Balaban J connectivity index is 2.73. The third-order valence-electron chi connectivity index (χ3n) is 2.11. The standard InChI is InChI=1S/C11H14O2S/c1-14-8-7-10(11(12)13)9-5-3-2-4-6-9/h2-6,10H,7-8H2,1H3,(H,12,13). The lowest BCUT2D eigenvalue weighted by Gasteiger charge is -2.11. The van der Waals surface area contributed by atoms with E-state index in [0.717, 1.165) is 11.3 Å². The van der Waals surface area contributed by atoms with Crippen LogP contribution in [0.4, 0.5) is 0 Å². The van der Waals surface area contributed by atoms with Crippen LogP contribution < -0.4 is 0 Å². The van der Waals surface area contributed by atoms with Gasteiger partial charge in [-0.15, -0.1) is 0 Å². The third kappa shape index (κ3) is 3.07. The van der Waals surface area contributed by atoms with Gasteiger partial charge < -0.3 is 5.11 Å². The second-order valence-electron chi connectivity index (χ2n) is 3.08. The number of carbonyl (C=O) groups is 1. The fourth-order valence-electron chi connectivity index (χ4n) is 1.35. The highest BCUT2D eigenvalue weighted by Gasteiger charge is 2.18. The fraction of sp³-hybridized carbons (Fsp3) is 0.364. The van der Waals surface area contributed by atoms with Gasteiger partial charge in [-0.2, -0.15) is 11.8 Å². The molecule has 1 unspecified atom stereocenters. The van der Waals surface area contributed by atoms with Crippen molar-refractivity contribution in [1.82, 2.24) is 0 Å². The Morgan fingerprint density at radius 3 is 2.57 bits per heavy atom. The maximum atomic E-state index is 11.0. The summed E-state index contributed by atoms with van der Waals surface area (Å²) in [5, 5.41) is 9.04. The summed E-state index contributed by atoms with van der Waals surface area (Å²) < 4.78 is 0. The van der Waals surface area contributed by atoms with Crippen molar-refractivity contribution in [2.75, 3.05) is 12.0 Å². The lowest BCUT2D eigenvalue weighted by atomic mass is 9.97. The molecule has 3 heteroatoms. The van der Waals surface area contributed by atoms with E-state index in [9.17, 15) is 4.79 Å². The Morgan fingerprint density at radius 1 is 1.43 bits per heavy atom. The highest BCUT2D eigenvalue weighted by Crippen LogP contribution is 2.21. The molecule has 76 valence electrons. The minimum Gasteiger partial charge on any atom is -0.481 e. The Kier molecular flexibility index (Phi) is 4.53. The lowest BCUT2D eigenvalue weighted by Crippen LogP contribution is -2.12. The molecule has 0 fully saturated rings. The van der Waals surface area contributed by atoms with Gasteiger partial charge in [-0.3, -0.25) is 4.79 Å². The second kappa shape index (κ2) is 5.70. The molecule has 0 aliphatic rings. The molecule has 0 aliphatic heterocycles. The van der Waals surface area contributed by atoms with E-state index in [1.165, 1.54) is 0 Å². The van der Waals surface area contributed by atoms with E-state index < -0.39 is 5.97 Å². The van der Waals surface area contributed by atoms with Crippen molar-refractivity contribution in [2.45, 2.75) is 12.3 Å². The molecule has 14 heavy (non-hydrogen) atoms. The van der Waals surface area contributed by atoms with Gasteiger partial charge in [0.2, 0.25) is 0 Å². The summed E-state index contributed by atoms with van der Waals surface area (Å²) in [7, 11) is 0. The molecule has 1 N–H and O–H groups in total. The summed E-state index contributed by atoms with van der Waals surface area (Å²) in [6, 6.07) is 9.41. The van der Waals surface area contributed by atoms with E-state index in [1.54, 1.807) is 11.8 Å². The van der Waals surface area contributed by atoms with Crippen LogP contribution in [0.2, 0.25) is 0 Å². The number of hydrogen-bond acceptors (Lipinski definition) is 2. The van der Waals surface area contributed by atoms with Gasteiger partial charge in [0.05, 0.1) is 5.92 Å². The van der Waals surface area contributed by atoms with Gasteiger partial charge in [-0.25, -0.2) is 0 Å². The van der Waals surface area contributed by atoms with E-state index in [2.05, 4.69) is 0 Å². The molecule has 1 rings (SSSR count). The van der Waals surface area contributed by atoms with E-state index in [-0.39, 0.29) is 5.92 Å². The second-order valence-corrected chi connectivity index (χ2v) is 4.07. The van der Waals surface area contributed by atoms with Crippen LogP contribution in [0, 0.1) is 0 Å². The molecule has 2 nitrogen and oxygen atoms in total. The maximum absolute atomic E-state index is 11.0. The minimum absolute atomic E-state index is 0.358. The number of hydrogen-bond donors (Lipinski definition) is 1. The smallest absolute Gasteiger partial charge is 0.311 e. The van der Waals surface area contributed by atoms with Gasteiger partial charge in [0.1, 0.15) is 0 Å². The highest BCUT2D eigenvalue weighted by atomic mass is 32.2. The van der Waals surface area contributed by atoms with E-state index in [1.807, 2.05) is 36.6 Å². The predicted octanol–water partition coefficient (Wildman–Crippen LogP) is 2.61. The largest absolute Gasteiger partial charge is 0.481 e. The number of aliphatic carboxylic acids is 1. The van der Waals surface area contributed by atoms with Crippen molar-refractivity contribution in [2.24, 2.45) is 0 Å². The number of carboxylic acid groups (broad SMARTS) is 1. The van der Waals surface area contributed by atoms with Gasteiger partial charge in [0.25, 0.3) is 0 Å². The average molecular weight is 210 g/mol. The molecule has 1 aromatic carbocycles. The van der Waals surface area contributed by atoms with Gasteiger partial charge in [0, 0.05) is 0 Å². The molecule has 1 atom stereocenters. The molecule has 0 radical (unpaired) electrons. The van der Waals surface area contributed by atoms with Gasteiger partial charge >= 0.3 is 5.97 Å². The Bertz CT molecular complexity index is 285. The topological polar surface area (TPSA) is 37.3 Å². The molecular formula is C11H14O2S. The SMILES string of the molecule is CSCCC(C(=O)O)c1ccccc1. The Hall–Kier alpha value is -0.960. The first-order valence-electron chi connectivity index (χ1n) is 4.52. The number of rotatable bonds is 5. The van der Waals surface area contributed by atoms with Crippen LogP contribution in [0.5, 0.6) is 0 Å². The first kappa shape index (κ1) is 11.1. The zero-order valence-corrected chi connectivity index (χ0v) is 8.96.